The molecular formula is C6H11NO3. The van der Waals surface area contributed by atoms with Gasteiger partial charge in [-0.15, -0.1) is 0 Å². The number of nitro groups is 1. The van der Waals surface area contributed by atoms with Gasteiger partial charge in [-0.3, -0.25) is 10.1 Å². The minimum absolute atomic E-state index is 0.107. The zero-order chi connectivity index (χ0) is 7.98. The van der Waals surface area contributed by atoms with E-state index >= 15 is 0 Å². The van der Waals surface area contributed by atoms with Gasteiger partial charge in [-0.1, -0.05) is 6.92 Å². The Bertz CT molecular complexity index is 133. The number of hydrogen-bond donors (Lipinski definition) is 0. The van der Waals surface area contributed by atoms with Crippen molar-refractivity contribution in [2.75, 3.05) is 13.7 Å². The highest BCUT2D eigenvalue weighted by Gasteiger charge is 1.96. The molecule has 58 valence electrons. The van der Waals surface area contributed by atoms with Crippen molar-refractivity contribution in [3.8, 4) is 0 Å². The van der Waals surface area contributed by atoms with Crippen molar-refractivity contribution in [2.24, 2.45) is 5.92 Å². The van der Waals surface area contributed by atoms with E-state index in [0.29, 0.717) is 6.61 Å². The molecule has 0 aliphatic rings. The molecule has 1 unspecified atom stereocenters. The van der Waals surface area contributed by atoms with Gasteiger partial charge in [-0.05, 0) is 6.08 Å². The molecule has 1 atom stereocenters. The summed E-state index contributed by atoms with van der Waals surface area (Å²) >= 11 is 0. The van der Waals surface area contributed by atoms with Crippen LogP contribution in [0.3, 0.4) is 0 Å². The van der Waals surface area contributed by atoms with Crippen molar-refractivity contribution in [3.05, 3.63) is 22.4 Å². The van der Waals surface area contributed by atoms with E-state index in [1.807, 2.05) is 6.92 Å². The van der Waals surface area contributed by atoms with E-state index in [1.165, 1.54) is 6.08 Å². The average Bonchev–Trinajstić information content (AvgIpc) is 1.85. The fourth-order valence-electron chi connectivity index (χ4n) is 0.536. The minimum Gasteiger partial charge on any atom is -0.384 e. The molecule has 0 saturated heterocycles. The van der Waals surface area contributed by atoms with Gasteiger partial charge in [0, 0.05) is 13.0 Å². The van der Waals surface area contributed by atoms with Crippen LogP contribution in [0.4, 0.5) is 0 Å². The van der Waals surface area contributed by atoms with E-state index in [1.54, 1.807) is 7.11 Å². The maximum Gasteiger partial charge on any atom is 0.230 e. The molecule has 0 rings (SSSR count). The summed E-state index contributed by atoms with van der Waals surface area (Å²) in [5, 5.41) is 9.79. The zero-order valence-electron chi connectivity index (χ0n) is 6.11. The summed E-state index contributed by atoms with van der Waals surface area (Å²) in [6, 6.07) is 0. The Morgan fingerprint density at radius 1 is 1.80 bits per heavy atom. The number of hydrogen-bond acceptors (Lipinski definition) is 3. The van der Waals surface area contributed by atoms with Crippen LogP contribution in [0.1, 0.15) is 6.92 Å². The molecule has 0 spiro atoms. The Morgan fingerprint density at radius 2 is 2.40 bits per heavy atom. The summed E-state index contributed by atoms with van der Waals surface area (Å²) in [5.74, 6) is 0.107. The Balaban J connectivity index is 3.55. The zero-order valence-corrected chi connectivity index (χ0v) is 6.11. The lowest BCUT2D eigenvalue weighted by Gasteiger charge is -1.99. The van der Waals surface area contributed by atoms with Gasteiger partial charge in [0.25, 0.3) is 0 Å². The number of rotatable bonds is 4. The normalized spacial score (nSPS) is 13.8. The van der Waals surface area contributed by atoms with Crippen LogP contribution in [0.15, 0.2) is 12.3 Å². The third-order valence-corrected chi connectivity index (χ3v) is 0.966. The Labute approximate surface area is 59.6 Å². The van der Waals surface area contributed by atoms with Crippen LogP contribution in [-0.4, -0.2) is 18.6 Å². The van der Waals surface area contributed by atoms with Gasteiger partial charge in [0.05, 0.1) is 11.5 Å². The van der Waals surface area contributed by atoms with E-state index in [-0.39, 0.29) is 5.92 Å². The van der Waals surface area contributed by atoms with Crippen LogP contribution in [0.2, 0.25) is 0 Å². The summed E-state index contributed by atoms with van der Waals surface area (Å²) in [6.07, 6.45) is 2.44. The molecule has 4 nitrogen and oxygen atoms in total. The first-order chi connectivity index (χ1) is 4.66. The first-order valence-electron chi connectivity index (χ1n) is 2.97. The van der Waals surface area contributed by atoms with Crippen LogP contribution in [0.5, 0.6) is 0 Å². The van der Waals surface area contributed by atoms with Gasteiger partial charge in [-0.25, -0.2) is 0 Å². The van der Waals surface area contributed by atoms with E-state index in [4.69, 9.17) is 4.74 Å². The molecule has 0 aliphatic heterocycles. The Hall–Kier alpha value is -0.900. The summed E-state index contributed by atoms with van der Waals surface area (Å²) in [6.45, 7) is 2.37. The van der Waals surface area contributed by atoms with Gasteiger partial charge in [-0.2, -0.15) is 0 Å². The molecule has 0 amide bonds. The second-order valence-electron chi connectivity index (χ2n) is 2.06. The Morgan fingerprint density at radius 3 is 2.80 bits per heavy atom. The lowest BCUT2D eigenvalue weighted by atomic mass is 10.2. The lowest BCUT2D eigenvalue weighted by Crippen LogP contribution is -2.00. The molecule has 10 heavy (non-hydrogen) atoms. The Kier molecular flexibility index (Phi) is 4.49. The largest absolute Gasteiger partial charge is 0.384 e. The third kappa shape index (κ3) is 5.24. The summed E-state index contributed by atoms with van der Waals surface area (Å²) < 4.78 is 4.76. The minimum atomic E-state index is -0.480. The van der Waals surface area contributed by atoms with Crippen LogP contribution in [0.25, 0.3) is 0 Å². The second-order valence-corrected chi connectivity index (χ2v) is 2.06. The van der Waals surface area contributed by atoms with Crippen LogP contribution in [-0.2, 0) is 4.74 Å². The second kappa shape index (κ2) is 4.93. The molecular weight excluding hydrogens is 134 g/mol. The first-order valence-corrected chi connectivity index (χ1v) is 2.97. The molecule has 0 bridgehead atoms. The quantitative estimate of drug-likeness (QED) is 0.439. The predicted octanol–water partition coefficient (Wildman–Crippen LogP) is 1.06. The first kappa shape index (κ1) is 9.10. The van der Waals surface area contributed by atoms with Crippen molar-refractivity contribution in [1.82, 2.24) is 0 Å². The average molecular weight is 145 g/mol. The number of ether oxygens (including phenoxy) is 1. The molecule has 0 aromatic heterocycles. The molecule has 0 N–H and O–H groups in total. The van der Waals surface area contributed by atoms with Crippen molar-refractivity contribution in [3.63, 3.8) is 0 Å². The summed E-state index contributed by atoms with van der Waals surface area (Å²) in [7, 11) is 1.57. The van der Waals surface area contributed by atoms with E-state index < -0.39 is 4.92 Å². The molecule has 0 saturated carbocycles. The number of methoxy groups -OCH3 is 1. The molecule has 0 heterocycles. The predicted molar refractivity (Wildman–Crippen MR) is 37.2 cm³/mol. The molecule has 0 radical (unpaired) electrons. The SMILES string of the molecule is COCC(C)/C=C/[N+](=O)[O-]. The molecule has 0 aliphatic carbocycles. The summed E-state index contributed by atoms with van der Waals surface area (Å²) in [4.78, 5) is 9.31. The van der Waals surface area contributed by atoms with Gasteiger partial charge in [0.1, 0.15) is 0 Å². The highest BCUT2D eigenvalue weighted by Crippen LogP contribution is 1.96. The van der Waals surface area contributed by atoms with E-state index in [9.17, 15) is 10.1 Å². The maximum absolute atomic E-state index is 9.79. The number of nitrogens with zero attached hydrogens (tertiary/aromatic N) is 1. The van der Waals surface area contributed by atoms with Crippen molar-refractivity contribution < 1.29 is 9.66 Å². The molecule has 0 aromatic rings. The van der Waals surface area contributed by atoms with Crippen LogP contribution < -0.4 is 0 Å². The standard InChI is InChI=1S/C6H11NO3/c1-6(5-10-2)3-4-7(8)9/h3-4,6H,5H2,1-2H3/b4-3+. The van der Waals surface area contributed by atoms with Crippen LogP contribution in [0, 0.1) is 16.0 Å². The summed E-state index contributed by atoms with van der Waals surface area (Å²) in [5.41, 5.74) is 0. The smallest absolute Gasteiger partial charge is 0.230 e. The highest BCUT2D eigenvalue weighted by molar-refractivity contribution is 4.78. The maximum atomic E-state index is 9.79. The molecule has 0 aromatic carbocycles. The fourth-order valence-corrected chi connectivity index (χ4v) is 0.536. The van der Waals surface area contributed by atoms with E-state index in [0.717, 1.165) is 6.20 Å². The van der Waals surface area contributed by atoms with Gasteiger partial charge >= 0.3 is 0 Å². The van der Waals surface area contributed by atoms with Crippen molar-refractivity contribution in [1.29, 1.82) is 0 Å². The lowest BCUT2D eigenvalue weighted by molar-refractivity contribution is -0.402. The monoisotopic (exact) mass is 145 g/mol. The van der Waals surface area contributed by atoms with Crippen molar-refractivity contribution in [2.45, 2.75) is 6.92 Å². The van der Waals surface area contributed by atoms with Gasteiger partial charge in [0.2, 0.25) is 6.20 Å². The fraction of sp³-hybridized carbons (Fsp3) is 0.667. The highest BCUT2D eigenvalue weighted by atomic mass is 16.6. The van der Waals surface area contributed by atoms with Gasteiger partial charge < -0.3 is 4.74 Å². The van der Waals surface area contributed by atoms with Gasteiger partial charge in [0.15, 0.2) is 0 Å². The molecule has 0 fully saturated rings. The third-order valence-electron chi connectivity index (χ3n) is 0.966. The van der Waals surface area contributed by atoms with E-state index in [2.05, 4.69) is 0 Å². The topological polar surface area (TPSA) is 52.4 Å². The van der Waals surface area contributed by atoms with Crippen molar-refractivity contribution >= 4 is 0 Å². The molecule has 4 heteroatoms. The van der Waals surface area contributed by atoms with Crippen LogP contribution >= 0.6 is 0 Å².